The molecule has 0 amide bonds. The zero-order chi connectivity index (χ0) is 14.7. The first kappa shape index (κ1) is 27.1. The fourth-order valence-corrected chi connectivity index (χ4v) is 1.85. The third-order valence-electron chi connectivity index (χ3n) is 2.84. The topological polar surface area (TPSA) is 53.7 Å². The van der Waals surface area contributed by atoms with Gasteiger partial charge in [0.1, 0.15) is 0 Å². The molecule has 0 aliphatic rings. The van der Waals surface area contributed by atoms with Crippen LogP contribution in [0.15, 0.2) is 0 Å². The van der Waals surface area contributed by atoms with Gasteiger partial charge in [-0.1, -0.05) is 14.9 Å². The Balaban J connectivity index is -0.00000180. The van der Waals surface area contributed by atoms with Gasteiger partial charge in [-0.2, -0.15) is 12.6 Å². The molecular weight excluding hydrogens is 298 g/mol. The second kappa shape index (κ2) is 26.1. The smallest absolute Gasteiger partial charge is 0.0478 e. The first-order chi connectivity index (χ1) is 9.91. The predicted octanol–water partition coefficient (Wildman–Crippen LogP) is 3.93. The summed E-state index contributed by atoms with van der Waals surface area (Å²) in [6.07, 6.45) is 7.52. The Kier molecular flexibility index (Phi) is 32.1. The van der Waals surface area contributed by atoms with Gasteiger partial charge in [0.05, 0.1) is 0 Å². The summed E-state index contributed by atoms with van der Waals surface area (Å²) in [5.41, 5.74) is 5.38. The van der Waals surface area contributed by atoms with Crippen molar-refractivity contribution >= 4 is 12.6 Å². The zero-order valence-corrected chi connectivity index (χ0v) is 13.8. The van der Waals surface area contributed by atoms with E-state index in [2.05, 4.69) is 12.6 Å². The second-order valence-electron chi connectivity index (χ2n) is 4.82. The van der Waals surface area contributed by atoms with E-state index < -0.39 is 0 Å². The van der Waals surface area contributed by atoms with Crippen molar-refractivity contribution in [3.05, 3.63) is 0 Å². The maximum absolute atomic E-state index is 5.57. The Hall–Kier alpha value is 0.190. The molecule has 138 valence electrons. The van der Waals surface area contributed by atoms with Gasteiger partial charge in [0.25, 0.3) is 0 Å². The van der Waals surface area contributed by atoms with Crippen LogP contribution in [0.1, 0.15) is 59.8 Å². The fourth-order valence-electron chi connectivity index (χ4n) is 1.62. The minimum Gasteiger partial charge on any atom is -0.381 e. The summed E-state index contributed by atoms with van der Waals surface area (Å²) in [4.78, 5) is 0. The molecule has 0 aromatic heterocycles. The molecule has 0 aliphatic heterocycles. The van der Waals surface area contributed by atoms with E-state index in [1.807, 2.05) is 0 Å². The Morgan fingerprint density at radius 3 is 1.18 bits per heavy atom. The van der Waals surface area contributed by atoms with E-state index in [-0.39, 0.29) is 14.9 Å². The van der Waals surface area contributed by atoms with Gasteiger partial charge in [0.2, 0.25) is 0 Å². The number of nitrogens with two attached hydrogens (primary N) is 1. The fraction of sp³-hybridized carbons (Fsp3) is 1.00. The molecule has 0 unspecified atom stereocenters. The summed E-state index contributed by atoms with van der Waals surface area (Å²) in [6.45, 7) is 5.71. The highest BCUT2D eigenvalue weighted by molar-refractivity contribution is 7.80. The number of ether oxygens (including phenoxy) is 3. The van der Waals surface area contributed by atoms with Crippen molar-refractivity contribution in [3.8, 4) is 0 Å². The molecule has 0 aromatic rings. The molecule has 0 aliphatic carbocycles. The average molecular weight is 340 g/mol. The van der Waals surface area contributed by atoms with Crippen LogP contribution in [0.5, 0.6) is 0 Å². The average Bonchev–Trinajstić information content (AvgIpc) is 2.47. The molecule has 2 N–H and O–H groups in total. The maximum Gasteiger partial charge on any atom is 0.0478 e. The van der Waals surface area contributed by atoms with E-state index in [1.165, 1.54) is 0 Å². The Morgan fingerprint density at radius 1 is 0.545 bits per heavy atom. The van der Waals surface area contributed by atoms with Crippen molar-refractivity contribution in [2.45, 2.75) is 59.8 Å². The van der Waals surface area contributed by atoms with Crippen LogP contribution in [-0.4, -0.2) is 51.9 Å². The minimum absolute atomic E-state index is 0. The standard InChI is InChI=1S/C15H33NO3S.2CH4/c16-8-7-14-19-12-4-3-10-17-9-1-2-11-18-13-5-6-15-20;;/h20H,1-16H2;2*1H4. The second-order valence-corrected chi connectivity index (χ2v) is 5.27. The normalized spacial score (nSPS) is 10.1. The summed E-state index contributed by atoms with van der Waals surface area (Å²) >= 11 is 4.16. The van der Waals surface area contributed by atoms with E-state index in [0.717, 1.165) is 90.3 Å². The first-order valence-electron chi connectivity index (χ1n) is 7.96. The van der Waals surface area contributed by atoms with Crippen LogP contribution in [0, 0.1) is 0 Å². The number of hydrogen-bond donors (Lipinski definition) is 2. The van der Waals surface area contributed by atoms with Crippen LogP contribution in [-0.2, 0) is 14.2 Å². The molecule has 0 fully saturated rings. The molecule has 0 saturated heterocycles. The van der Waals surface area contributed by atoms with Gasteiger partial charge in [-0.05, 0) is 57.2 Å². The van der Waals surface area contributed by atoms with E-state index in [9.17, 15) is 0 Å². The monoisotopic (exact) mass is 339 g/mol. The van der Waals surface area contributed by atoms with Crippen molar-refractivity contribution in [2.24, 2.45) is 5.73 Å². The lowest BCUT2D eigenvalue weighted by Gasteiger charge is -2.06. The number of thiol groups is 1. The molecule has 22 heavy (non-hydrogen) atoms. The van der Waals surface area contributed by atoms with Gasteiger partial charge in [-0.15, -0.1) is 0 Å². The number of unbranched alkanes of at least 4 members (excludes halogenated alkanes) is 3. The van der Waals surface area contributed by atoms with Gasteiger partial charge >= 0.3 is 0 Å². The Labute approximate surface area is 144 Å². The largest absolute Gasteiger partial charge is 0.381 e. The highest BCUT2D eigenvalue weighted by Gasteiger charge is 1.93. The summed E-state index contributed by atoms with van der Waals surface area (Å²) < 4.78 is 16.5. The van der Waals surface area contributed by atoms with Crippen LogP contribution in [0.2, 0.25) is 0 Å². The van der Waals surface area contributed by atoms with Crippen LogP contribution < -0.4 is 5.73 Å². The van der Waals surface area contributed by atoms with E-state index >= 15 is 0 Å². The summed E-state index contributed by atoms with van der Waals surface area (Å²) in [6, 6.07) is 0. The van der Waals surface area contributed by atoms with Crippen molar-refractivity contribution in [1.29, 1.82) is 0 Å². The van der Waals surface area contributed by atoms with Crippen molar-refractivity contribution < 1.29 is 14.2 Å². The molecule has 0 heterocycles. The summed E-state index contributed by atoms with van der Waals surface area (Å²) in [5.74, 6) is 0.954. The van der Waals surface area contributed by atoms with E-state index in [4.69, 9.17) is 19.9 Å². The summed E-state index contributed by atoms with van der Waals surface area (Å²) in [7, 11) is 0. The van der Waals surface area contributed by atoms with Crippen molar-refractivity contribution in [3.63, 3.8) is 0 Å². The molecule has 0 aromatic carbocycles. The Bertz CT molecular complexity index is 156. The lowest BCUT2D eigenvalue weighted by molar-refractivity contribution is 0.0900. The first-order valence-corrected chi connectivity index (χ1v) is 8.59. The third-order valence-corrected chi connectivity index (χ3v) is 3.16. The van der Waals surface area contributed by atoms with Gasteiger partial charge in [0, 0.05) is 39.6 Å². The molecule has 0 spiro atoms. The quantitative estimate of drug-likeness (QED) is 0.311. The van der Waals surface area contributed by atoms with Crippen LogP contribution in [0.4, 0.5) is 0 Å². The number of hydrogen-bond acceptors (Lipinski definition) is 5. The SMILES string of the molecule is C.C.NCCCOCCCCOCCCCOCCCCS. The van der Waals surface area contributed by atoms with Gasteiger partial charge in [-0.3, -0.25) is 0 Å². The summed E-state index contributed by atoms with van der Waals surface area (Å²) in [5, 5.41) is 0. The van der Waals surface area contributed by atoms with Gasteiger partial charge < -0.3 is 19.9 Å². The van der Waals surface area contributed by atoms with Crippen molar-refractivity contribution in [2.75, 3.05) is 51.9 Å². The minimum atomic E-state index is 0. The van der Waals surface area contributed by atoms with Crippen LogP contribution in [0.25, 0.3) is 0 Å². The molecule has 0 atom stereocenters. The molecule has 0 rings (SSSR count). The molecule has 0 bridgehead atoms. The number of rotatable bonds is 17. The van der Waals surface area contributed by atoms with Crippen LogP contribution in [0.3, 0.4) is 0 Å². The predicted molar refractivity (Wildman–Crippen MR) is 101 cm³/mol. The Morgan fingerprint density at radius 2 is 0.864 bits per heavy atom. The van der Waals surface area contributed by atoms with Gasteiger partial charge in [-0.25, -0.2) is 0 Å². The molecule has 4 nitrogen and oxygen atoms in total. The zero-order valence-electron chi connectivity index (χ0n) is 12.9. The van der Waals surface area contributed by atoms with E-state index in [1.54, 1.807) is 0 Å². The lowest BCUT2D eigenvalue weighted by atomic mass is 10.3. The van der Waals surface area contributed by atoms with Gasteiger partial charge in [0.15, 0.2) is 0 Å². The molecule has 5 heteroatoms. The lowest BCUT2D eigenvalue weighted by Crippen LogP contribution is -2.06. The highest BCUT2D eigenvalue weighted by atomic mass is 32.1. The van der Waals surface area contributed by atoms with Crippen molar-refractivity contribution in [1.82, 2.24) is 0 Å². The van der Waals surface area contributed by atoms with Crippen LogP contribution >= 0.6 is 12.6 Å². The molecule has 0 saturated carbocycles. The highest BCUT2D eigenvalue weighted by Crippen LogP contribution is 1.97. The molecule has 0 radical (unpaired) electrons. The molecular formula is C17H41NO3S. The maximum atomic E-state index is 5.57. The third kappa shape index (κ3) is 25.2. The van der Waals surface area contributed by atoms with E-state index in [0.29, 0.717) is 6.54 Å².